The molecule has 2 heteroatoms. The van der Waals surface area contributed by atoms with Gasteiger partial charge in [0.1, 0.15) is 0 Å². The summed E-state index contributed by atoms with van der Waals surface area (Å²) in [6.07, 6.45) is 2.37. The molecular formula is C12H20ClN. The smallest absolute Gasteiger partial charge is 0.0127 e. The summed E-state index contributed by atoms with van der Waals surface area (Å²) >= 11 is 0. The molecule has 0 aliphatic carbocycles. The van der Waals surface area contributed by atoms with Crippen molar-refractivity contribution >= 4 is 12.4 Å². The summed E-state index contributed by atoms with van der Waals surface area (Å²) in [7, 11) is 4.30. The second kappa shape index (κ2) is 6.86. The third-order valence-electron chi connectivity index (χ3n) is 2.52. The van der Waals surface area contributed by atoms with Crippen LogP contribution in [0.4, 0.5) is 0 Å². The van der Waals surface area contributed by atoms with Gasteiger partial charge in [0.05, 0.1) is 0 Å². The summed E-state index contributed by atoms with van der Waals surface area (Å²) in [5.74, 6) is 0. The minimum Gasteiger partial charge on any atom is -0.306 e. The molecule has 0 saturated heterocycles. The maximum absolute atomic E-state index is 2.30. The van der Waals surface area contributed by atoms with E-state index in [1.54, 1.807) is 0 Å². The van der Waals surface area contributed by atoms with Gasteiger partial charge in [0, 0.05) is 6.04 Å². The van der Waals surface area contributed by atoms with E-state index in [0.717, 1.165) is 6.42 Å². The number of benzene rings is 1. The van der Waals surface area contributed by atoms with Gasteiger partial charge < -0.3 is 4.90 Å². The van der Waals surface area contributed by atoms with Gasteiger partial charge in [0.2, 0.25) is 0 Å². The van der Waals surface area contributed by atoms with Crippen LogP contribution in [0.15, 0.2) is 30.3 Å². The van der Waals surface area contributed by atoms with Gasteiger partial charge in [-0.2, -0.15) is 0 Å². The summed E-state index contributed by atoms with van der Waals surface area (Å²) in [4.78, 5) is 2.30. The lowest BCUT2D eigenvalue weighted by Crippen LogP contribution is -2.29. The second-order valence-electron chi connectivity index (χ2n) is 3.72. The highest BCUT2D eigenvalue weighted by atomic mass is 35.5. The van der Waals surface area contributed by atoms with E-state index in [2.05, 4.69) is 56.3 Å². The molecule has 80 valence electrons. The van der Waals surface area contributed by atoms with Crippen LogP contribution in [0, 0.1) is 0 Å². The number of likely N-dealkylation sites (N-methyl/N-ethyl adjacent to an activating group) is 1. The van der Waals surface area contributed by atoms with Crippen molar-refractivity contribution in [2.24, 2.45) is 0 Å². The summed E-state index contributed by atoms with van der Waals surface area (Å²) in [6.45, 7) is 2.24. The van der Waals surface area contributed by atoms with E-state index in [1.165, 1.54) is 12.0 Å². The number of rotatable bonds is 4. The van der Waals surface area contributed by atoms with Crippen LogP contribution in [0.25, 0.3) is 0 Å². The van der Waals surface area contributed by atoms with Gasteiger partial charge in [-0.05, 0) is 32.5 Å². The fraction of sp³-hybridized carbons (Fsp3) is 0.500. The van der Waals surface area contributed by atoms with Crippen LogP contribution < -0.4 is 0 Å². The number of halogens is 1. The Morgan fingerprint density at radius 3 is 2.14 bits per heavy atom. The largest absolute Gasteiger partial charge is 0.306 e. The Morgan fingerprint density at radius 1 is 1.14 bits per heavy atom. The van der Waals surface area contributed by atoms with Crippen LogP contribution in [0.2, 0.25) is 0 Å². The Balaban J connectivity index is 0.00000169. The number of nitrogens with zero attached hydrogens (tertiary/aromatic N) is 1. The van der Waals surface area contributed by atoms with E-state index in [4.69, 9.17) is 0 Å². The van der Waals surface area contributed by atoms with Crippen molar-refractivity contribution < 1.29 is 0 Å². The highest BCUT2D eigenvalue weighted by Gasteiger charge is 2.08. The Morgan fingerprint density at radius 2 is 1.71 bits per heavy atom. The molecule has 0 radical (unpaired) electrons. The predicted molar refractivity (Wildman–Crippen MR) is 65.2 cm³/mol. The normalized spacial score (nSPS) is 12.3. The van der Waals surface area contributed by atoms with Crippen molar-refractivity contribution in [3.63, 3.8) is 0 Å². The molecule has 1 rings (SSSR count). The molecule has 0 saturated carbocycles. The maximum atomic E-state index is 2.30. The lowest BCUT2D eigenvalue weighted by Gasteiger charge is -2.22. The van der Waals surface area contributed by atoms with Crippen molar-refractivity contribution in [3.8, 4) is 0 Å². The summed E-state index contributed by atoms with van der Waals surface area (Å²) < 4.78 is 0. The van der Waals surface area contributed by atoms with E-state index >= 15 is 0 Å². The molecule has 1 unspecified atom stereocenters. The average Bonchev–Trinajstić information content (AvgIpc) is 2.15. The van der Waals surface area contributed by atoms with Crippen molar-refractivity contribution in [2.45, 2.75) is 25.8 Å². The van der Waals surface area contributed by atoms with E-state index < -0.39 is 0 Å². The van der Waals surface area contributed by atoms with E-state index in [1.807, 2.05) is 0 Å². The lowest BCUT2D eigenvalue weighted by atomic mass is 10.0. The Kier molecular flexibility index (Phi) is 6.60. The fourth-order valence-electron chi connectivity index (χ4n) is 1.58. The molecule has 0 spiro atoms. The van der Waals surface area contributed by atoms with Crippen LogP contribution in [0.3, 0.4) is 0 Å². The molecule has 1 nitrogen and oxygen atoms in total. The van der Waals surface area contributed by atoms with Gasteiger partial charge in [0.25, 0.3) is 0 Å². The molecule has 0 aliphatic rings. The summed E-state index contributed by atoms with van der Waals surface area (Å²) in [6, 6.07) is 11.4. The first-order valence-electron chi connectivity index (χ1n) is 4.94. The molecule has 14 heavy (non-hydrogen) atoms. The van der Waals surface area contributed by atoms with E-state index in [9.17, 15) is 0 Å². The molecule has 0 N–H and O–H groups in total. The Labute approximate surface area is 93.5 Å². The molecule has 1 atom stereocenters. The number of hydrogen-bond donors (Lipinski definition) is 0. The third kappa shape index (κ3) is 4.12. The van der Waals surface area contributed by atoms with Crippen LogP contribution in [0.1, 0.15) is 18.9 Å². The summed E-state index contributed by atoms with van der Waals surface area (Å²) in [5, 5.41) is 0. The molecule has 0 aliphatic heterocycles. The second-order valence-corrected chi connectivity index (χ2v) is 3.72. The molecule has 0 bridgehead atoms. The van der Waals surface area contributed by atoms with Gasteiger partial charge >= 0.3 is 0 Å². The van der Waals surface area contributed by atoms with Gasteiger partial charge in [-0.15, -0.1) is 12.4 Å². The zero-order valence-electron chi connectivity index (χ0n) is 9.23. The Hall–Kier alpha value is -0.530. The molecule has 0 aromatic heterocycles. The molecule has 0 heterocycles. The van der Waals surface area contributed by atoms with Gasteiger partial charge in [0.15, 0.2) is 0 Å². The first-order valence-corrected chi connectivity index (χ1v) is 4.94. The zero-order valence-corrected chi connectivity index (χ0v) is 10.1. The zero-order chi connectivity index (χ0) is 9.68. The number of hydrogen-bond acceptors (Lipinski definition) is 1. The third-order valence-corrected chi connectivity index (χ3v) is 2.52. The van der Waals surface area contributed by atoms with Gasteiger partial charge in [-0.25, -0.2) is 0 Å². The quantitative estimate of drug-likeness (QED) is 0.744. The molecular weight excluding hydrogens is 194 g/mol. The maximum Gasteiger partial charge on any atom is 0.0127 e. The SMILES string of the molecule is CCC(Cc1ccccc1)N(C)C.Cl. The van der Waals surface area contributed by atoms with E-state index in [0.29, 0.717) is 6.04 Å². The van der Waals surface area contributed by atoms with Crippen LogP contribution >= 0.6 is 12.4 Å². The monoisotopic (exact) mass is 213 g/mol. The van der Waals surface area contributed by atoms with Crippen molar-refractivity contribution in [1.29, 1.82) is 0 Å². The van der Waals surface area contributed by atoms with Gasteiger partial charge in [-0.1, -0.05) is 37.3 Å². The fourth-order valence-corrected chi connectivity index (χ4v) is 1.58. The van der Waals surface area contributed by atoms with Crippen molar-refractivity contribution in [1.82, 2.24) is 4.90 Å². The summed E-state index contributed by atoms with van der Waals surface area (Å²) in [5.41, 5.74) is 1.43. The van der Waals surface area contributed by atoms with Crippen LogP contribution in [-0.2, 0) is 6.42 Å². The minimum atomic E-state index is 0. The highest BCUT2D eigenvalue weighted by molar-refractivity contribution is 5.85. The van der Waals surface area contributed by atoms with Crippen LogP contribution in [0.5, 0.6) is 0 Å². The molecule has 0 amide bonds. The molecule has 0 fully saturated rings. The average molecular weight is 214 g/mol. The lowest BCUT2D eigenvalue weighted by molar-refractivity contribution is 0.284. The highest BCUT2D eigenvalue weighted by Crippen LogP contribution is 2.08. The van der Waals surface area contributed by atoms with Gasteiger partial charge in [-0.3, -0.25) is 0 Å². The minimum absolute atomic E-state index is 0. The van der Waals surface area contributed by atoms with Crippen molar-refractivity contribution in [2.75, 3.05) is 14.1 Å². The van der Waals surface area contributed by atoms with E-state index in [-0.39, 0.29) is 12.4 Å². The topological polar surface area (TPSA) is 3.24 Å². The first kappa shape index (κ1) is 13.5. The van der Waals surface area contributed by atoms with Crippen molar-refractivity contribution in [3.05, 3.63) is 35.9 Å². The Bertz CT molecular complexity index is 233. The molecule has 1 aromatic carbocycles. The predicted octanol–water partition coefficient (Wildman–Crippen LogP) is 2.99. The molecule has 1 aromatic rings. The first-order chi connectivity index (χ1) is 6.24. The standard InChI is InChI=1S/C12H19N.ClH/c1-4-12(13(2)3)10-11-8-6-5-7-9-11;/h5-9,12H,4,10H2,1-3H3;1H. The van der Waals surface area contributed by atoms with Crippen LogP contribution in [-0.4, -0.2) is 25.0 Å².